The predicted octanol–water partition coefficient (Wildman–Crippen LogP) is 2.35. The summed E-state index contributed by atoms with van der Waals surface area (Å²) in [6.45, 7) is 11.4. The molecule has 1 saturated heterocycles. The Bertz CT molecular complexity index is 167. The summed E-state index contributed by atoms with van der Waals surface area (Å²) >= 11 is 0. The van der Waals surface area contributed by atoms with Gasteiger partial charge < -0.3 is 9.47 Å². The molecule has 0 N–H and O–H groups in total. The molecule has 0 aromatic rings. The second kappa shape index (κ2) is 3.19. The second-order valence-corrected chi connectivity index (χ2v) is 4.02. The summed E-state index contributed by atoms with van der Waals surface area (Å²) in [5.74, 6) is -0.429. The zero-order valence-corrected chi connectivity index (χ0v) is 8.22. The first-order valence-corrected chi connectivity index (χ1v) is 4.41. The molecule has 0 radical (unpaired) electrons. The van der Waals surface area contributed by atoms with Crippen LogP contribution >= 0.6 is 0 Å². The van der Waals surface area contributed by atoms with Gasteiger partial charge in [-0.15, -0.1) is 6.58 Å². The fourth-order valence-electron chi connectivity index (χ4n) is 1.45. The van der Waals surface area contributed by atoms with Crippen molar-refractivity contribution in [2.24, 2.45) is 5.41 Å². The van der Waals surface area contributed by atoms with Gasteiger partial charge in [-0.05, 0) is 13.3 Å². The van der Waals surface area contributed by atoms with Gasteiger partial charge in [-0.1, -0.05) is 19.9 Å². The summed E-state index contributed by atoms with van der Waals surface area (Å²) in [7, 11) is 0. The quantitative estimate of drug-likeness (QED) is 0.605. The van der Waals surface area contributed by atoms with Crippen molar-refractivity contribution in [3.05, 3.63) is 12.7 Å². The number of rotatable bonds is 3. The maximum atomic E-state index is 5.59. The molecule has 1 heterocycles. The van der Waals surface area contributed by atoms with Crippen LogP contribution in [-0.2, 0) is 9.47 Å². The highest BCUT2D eigenvalue weighted by Gasteiger charge is 2.45. The molecule has 1 rings (SSSR count). The number of allylic oxidation sites excluding steroid dienone is 1. The topological polar surface area (TPSA) is 18.5 Å². The van der Waals surface area contributed by atoms with Crippen LogP contribution in [-0.4, -0.2) is 19.0 Å². The second-order valence-electron chi connectivity index (χ2n) is 4.02. The Balaban J connectivity index is 2.70. The van der Waals surface area contributed by atoms with E-state index in [0.717, 1.165) is 6.42 Å². The van der Waals surface area contributed by atoms with Crippen LogP contribution < -0.4 is 0 Å². The predicted molar refractivity (Wildman–Crippen MR) is 48.9 cm³/mol. The smallest absolute Gasteiger partial charge is 0.171 e. The molecule has 1 aliphatic heterocycles. The van der Waals surface area contributed by atoms with Crippen LogP contribution in [0.25, 0.3) is 0 Å². The third-order valence-electron chi connectivity index (χ3n) is 2.72. The van der Waals surface area contributed by atoms with Crippen molar-refractivity contribution in [3.8, 4) is 0 Å². The van der Waals surface area contributed by atoms with E-state index in [2.05, 4.69) is 20.4 Å². The van der Waals surface area contributed by atoms with Gasteiger partial charge in [0.1, 0.15) is 0 Å². The van der Waals surface area contributed by atoms with Gasteiger partial charge in [0, 0.05) is 5.41 Å². The molecule has 0 aromatic carbocycles. The van der Waals surface area contributed by atoms with Gasteiger partial charge in [-0.2, -0.15) is 0 Å². The van der Waals surface area contributed by atoms with E-state index in [1.54, 1.807) is 0 Å². The summed E-state index contributed by atoms with van der Waals surface area (Å²) in [6.07, 6.45) is 2.82. The molecule has 0 aliphatic carbocycles. The van der Waals surface area contributed by atoms with E-state index >= 15 is 0 Å². The highest BCUT2D eigenvalue weighted by atomic mass is 16.7. The molecule has 0 saturated carbocycles. The summed E-state index contributed by atoms with van der Waals surface area (Å²) in [4.78, 5) is 0. The Morgan fingerprint density at radius 3 is 2.33 bits per heavy atom. The zero-order chi connectivity index (χ0) is 9.24. The van der Waals surface area contributed by atoms with Gasteiger partial charge in [0.25, 0.3) is 0 Å². The van der Waals surface area contributed by atoms with Crippen molar-refractivity contribution in [1.29, 1.82) is 0 Å². The summed E-state index contributed by atoms with van der Waals surface area (Å²) in [5, 5.41) is 0. The Kier molecular flexibility index (Phi) is 2.59. The van der Waals surface area contributed by atoms with Gasteiger partial charge >= 0.3 is 0 Å². The summed E-state index contributed by atoms with van der Waals surface area (Å²) in [6, 6.07) is 0. The highest BCUT2D eigenvalue weighted by molar-refractivity contribution is 4.91. The van der Waals surface area contributed by atoms with E-state index in [1.165, 1.54) is 0 Å². The summed E-state index contributed by atoms with van der Waals surface area (Å²) in [5.41, 5.74) is 0.00521. The van der Waals surface area contributed by atoms with E-state index in [9.17, 15) is 0 Å². The Morgan fingerprint density at radius 1 is 1.42 bits per heavy atom. The molecule has 0 aromatic heterocycles. The van der Waals surface area contributed by atoms with E-state index in [-0.39, 0.29) is 5.41 Å². The SMILES string of the molecule is C=CCC(C)(C)C1(C)OCCO1. The van der Waals surface area contributed by atoms with Crippen LogP contribution in [0.3, 0.4) is 0 Å². The summed E-state index contributed by atoms with van der Waals surface area (Å²) < 4.78 is 11.2. The van der Waals surface area contributed by atoms with Gasteiger partial charge in [0.2, 0.25) is 0 Å². The Hall–Kier alpha value is -0.340. The van der Waals surface area contributed by atoms with E-state index < -0.39 is 5.79 Å². The molecule has 1 aliphatic rings. The molecule has 2 heteroatoms. The fourth-order valence-corrected chi connectivity index (χ4v) is 1.45. The van der Waals surface area contributed by atoms with Gasteiger partial charge in [-0.25, -0.2) is 0 Å². The van der Waals surface area contributed by atoms with Gasteiger partial charge in [-0.3, -0.25) is 0 Å². The molecular formula is C10H18O2. The lowest BCUT2D eigenvalue weighted by molar-refractivity contribution is -0.213. The molecular weight excluding hydrogens is 152 g/mol. The van der Waals surface area contributed by atoms with E-state index in [4.69, 9.17) is 9.47 Å². The molecule has 2 nitrogen and oxygen atoms in total. The fraction of sp³-hybridized carbons (Fsp3) is 0.800. The van der Waals surface area contributed by atoms with E-state index in [1.807, 2.05) is 13.0 Å². The van der Waals surface area contributed by atoms with E-state index in [0.29, 0.717) is 13.2 Å². The Morgan fingerprint density at radius 2 is 1.92 bits per heavy atom. The third-order valence-corrected chi connectivity index (χ3v) is 2.72. The largest absolute Gasteiger partial charge is 0.347 e. The van der Waals surface area contributed by atoms with Crippen LogP contribution in [0.15, 0.2) is 12.7 Å². The first-order valence-electron chi connectivity index (χ1n) is 4.41. The zero-order valence-electron chi connectivity index (χ0n) is 8.22. The molecule has 1 fully saturated rings. The maximum absolute atomic E-state index is 5.59. The molecule has 0 atom stereocenters. The minimum atomic E-state index is -0.429. The minimum Gasteiger partial charge on any atom is -0.347 e. The molecule has 0 unspecified atom stereocenters. The Labute approximate surface area is 74.6 Å². The molecule has 0 spiro atoms. The monoisotopic (exact) mass is 170 g/mol. The minimum absolute atomic E-state index is 0.00521. The van der Waals surface area contributed by atoms with Crippen LogP contribution in [0.2, 0.25) is 0 Å². The molecule has 12 heavy (non-hydrogen) atoms. The number of ether oxygens (including phenoxy) is 2. The van der Waals surface area contributed by atoms with Crippen molar-refractivity contribution in [1.82, 2.24) is 0 Å². The highest BCUT2D eigenvalue weighted by Crippen LogP contribution is 2.40. The van der Waals surface area contributed by atoms with Crippen molar-refractivity contribution in [3.63, 3.8) is 0 Å². The number of hydrogen-bond acceptors (Lipinski definition) is 2. The van der Waals surface area contributed by atoms with Gasteiger partial charge in [0.05, 0.1) is 13.2 Å². The first-order chi connectivity index (χ1) is 5.52. The van der Waals surface area contributed by atoms with Crippen LogP contribution in [0.5, 0.6) is 0 Å². The van der Waals surface area contributed by atoms with Crippen LogP contribution in [0.4, 0.5) is 0 Å². The van der Waals surface area contributed by atoms with Gasteiger partial charge in [0.15, 0.2) is 5.79 Å². The lowest BCUT2D eigenvalue weighted by Gasteiger charge is -2.38. The lowest BCUT2D eigenvalue weighted by atomic mass is 9.81. The van der Waals surface area contributed by atoms with Crippen molar-refractivity contribution in [2.75, 3.05) is 13.2 Å². The van der Waals surface area contributed by atoms with Crippen LogP contribution in [0.1, 0.15) is 27.2 Å². The van der Waals surface area contributed by atoms with Crippen molar-refractivity contribution in [2.45, 2.75) is 33.0 Å². The molecule has 0 amide bonds. The first kappa shape index (κ1) is 9.75. The van der Waals surface area contributed by atoms with Crippen LogP contribution in [0, 0.1) is 5.41 Å². The normalized spacial score (nSPS) is 22.6. The lowest BCUT2D eigenvalue weighted by Crippen LogP contribution is -2.42. The number of hydrogen-bond donors (Lipinski definition) is 0. The third kappa shape index (κ3) is 1.54. The maximum Gasteiger partial charge on any atom is 0.171 e. The molecule has 70 valence electrons. The average molecular weight is 170 g/mol. The standard InChI is InChI=1S/C10H18O2/c1-5-6-9(2,3)10(4)11-7-8-12-10/h5H,1,6-8H2,2-4H3. The van der Waals surface area contributed by atoms with Crippen molar-refractivity contribution >= 4 is 0 Å². The average Bonchev–Trinajstić information content (AvgIpc) is 2.37. The van der Waals surface area contributed by atoms with Crippen molar-refractivity contribution < 1.29 is 9.47 Å². The molecule has 0 bridgehead atoms.